The molecule has 0 saturated carbocycles. The molecule has 0 unspecified atom stereocenters. The van der Waals surface area contributed by atoms with Crippen LogP contribution in [0.15, 0.2) is 24.7 Å². The smallest absolute Gasteiger partial charge is 0.207 e. The van der Waals surface area contributed by atoms with Crippen LogP contribution >= 0.6 is 0 Å². The Labute approximate surface area is 102 Å². The number of pyridine rings is 1. The number of hydrogen-bond acceptors (Lipinski definition) is 3. The molecule has 0 radical (unpaired) electrons. The van der Waals surface area contributed by atoms with Gasteiger partial charge in [0.25, 0.3) is 0 Å². The number of anilines is 2. The second-order valence-electron chi connectivity index (χ2n) is 4.52. The van der Waals surface area contributed by atoms with Gasteiger partial charge in [-0.05, 0) is 39.3 Å². The Morgan fingerprint density at radius 3 is 2.71 bits per heavy atom. The molecule has 2 aromatic rings. The average Bonchev–Trinajstić information content (AvgIpc) is 2.63. The summed E-state index contributed by atoms with van der Waals surface area (Å²) >= 11 is 0. The van der Waals surface area contributed by atoms with Crippen molar-refractivity contribution >= 4 is 11.6 Å². The Balaban J connectivity index is 2.33. The minimum absolute atomic E-state index is 0.385. The summed E-state index contributed by atoms with van der Waals surface area (Å²) in [6, 6.07) is 2.37. The summed E-state index contributed by atoms with van der Waals surface area (Å²) in [6.07, 6.45) is 5.67. The molecule has 0 spiro atoms. The van der Waals surface area contributed by atoms with Crippen LogP contribution < -0.4 is 5.32 Å². The first-order chi connectivity index (χ1) is 8.08. The minimum Gasteiger partial charge on any atom is -0.324 e. The van der Waals surface area contributed by atoms with E-state index < -0.39 is 0 Å². The molecule has 0 amide bonds. The van der Waals surface area contributed by atoms with E-state index in [4.69, 9.17) is 0 Å². The van der Waals surface area contributed by atoms with Crippen LogP contribution in [-0.2, 0) is 0 Å². The quantitative estimate of drug-likeness (QED) is 0.880. The van der Waals surface area contributed by atoms with Crippen molar-refractivity contribution in [2.45, 2.75) is 33.7 Å². The summed E-state index contributed by atoms with van der Waals surface area (Å²) in [6.45, 7) is 8.34. The predicted molar refractivity (Wildman–Crippen MR) is 69.6 cm³/mol. The number of rotatable bonds is 3. The van der Waals surface area contributed by atoms with Crippen molar-refractivity contribution in [1.29, 1.82) is 0 Å². The topological polar surface area (TPSA) is 42.7 Å². The Hall–Kier alpha value is -1.84. The second-order valence-corrected chi connectivity index (χ2v) is 4.52. The second kappa shape index (κ2) is 4.57. The number of aryl methyl sites for hydroxylation is 2. The van der Waals surface area contributed by atoms with Gasteiger partial charge in [-0.1, -0.05) is 0 Å². The average molecular weight is 230 g/mol. The molecule has 4 heteroatoms. The van der Waals surface area contributed by atoms with Crippen LogP contribution in [0.3, 0.4) is 0 Å². The van der Waals surface area contributed by atoms with Crippen LogP contribution in [0.25, 0.3) is 0 Å². The monoisotopic (exact) mass is 230 g/mol. The van der Waals surface area contributed by atoms with E-state index in [0.29, 0.717) is 6.04 Å². The van der Waals surface area contributed by atoms with Gasteiger partial charge in [-0.3, -0.25) is 4.98 Å². The van der Waals surface area contributed by atoms with Crippen molar-refractivity contribution in [1.82, 2.24) is 14.5 Å². The van der Waals surface area contributed by atoms with E-state index in [1.54, 1.807) is 6.20 Å². The molecule has 17 heavy (non-hydrogen) atoms. The first kappa shape index (κ1) is 11.6. The molecule has 90 valence electrons. The van der Waals surface area contributed by atoms with Gasteiger partial charge in [-0.2, -0.15) is 0 Å². The van der Waals surface area contributed by atoms with Gasteiger partial charge < -0.3 is 9.88 Å². The number of imidazole rings is 1. The van der Waals surface area contributed by atoms with E-state index in [1.807, 2.05) is 19.2 Å². The van der Waals surface area contributed by atoms with E-state index in [0.717, 1.165) is 22.9 Å². The van der Waals surface area contributed by atoms with Crippen LogP contribution in [0.5, 0.6) is 0 Å². The molecule has 2 rings (SSSR count). The lowest BCUT2D eigenvalue weighted by Gasteiger charge is -2.13. The Bertz CT molecular complexity index is 514. The van der Waals surface area contributed by atoms with Gasteiger partial charge in [0, 0.05) is 18.4 Å². The zero-order chi connectivity index (χ0) is 12.4. The Kier molecular flexibility index (Phi) is 3.13. The Morgan fingerprint density at radius 1 is 1.29 bits per heavy atom. The van der Waals surface area contributed by atoms with Crippen LogP contribution in [0, 0.1) is 13.8 Å². The van der Waals surface area contributed by atoms with Gasteiger partial charge in [-0.15, -0.1) is 0 Å². The van der Waals surface area contributed by atoms with Crippen LogP contribution in [0.1, 0.15) is 31.1 Å². The predicted octanol–water partition coefficient (Wildman–Crippen LogP) is 3.22. The van der Waals surface area contributed by atoms with E-state index in [9.17, 15) is 0 Å². The fourth-order valence-electron chi connectivity index (χ4n) is 1.72. The molecule has 0 atom stereocenters. The summed E-state index contributed by atoms with van der Waals surface area (Å²) in [7, 11) is 0. The van der Waals surface area contributed by atoms with Gasteiger partial charge in [0.15, 0.2) is 0 Å². The molecule has 0 aliphatic rings. The SMILES string of the molecule is Cc1cn(C(C)C)c(Nc2cnccc2C)n1. The fraction of sp³-hybridized carbons (Fsp3) is 0.385. The number of hydrogen-bond donors (Lipinski definition) is 1. The third-order valence-corrected chi connectivity index (χ3v) is 2.69. The zero-order valence-electron chi connectivity index (χ0n) is 10.7. The molecule has 0 aliphatic carbocycles. The number of nitrogens with one attached hydrogen (secondary N) is 1. The normalized spacial score (nSPS) is 10.9. The molecule has 4 nitrogen and oxygen atoms in total. The van der Waals surface area contributed by atoms with E-state index in [-0.39, 0.29) is 0 Å². The molecule has 0 bridgehead atoms. The lowest BCUT2D eigenvalue weighted by Crippen LogP contribution is -2.06. The van der Waals surface area contributed by atoms with E-state index >= 15 is 0 Å². The lowest BCUT2D eigenvalue weighted by atomic mass is 10.2. The van der Waals surface area contributed by atoms with Crippen molar-refractivity contribution in [3.63, 3.8) is 0 Å². The molecule has 0 fully saturated rings. The third kappa shape index (κ3) is 2.46. The summed E-state index contributed by atoms with van der Waals surface area (Å²) in [5.74, 6) is 0.869. The molecular weight excluding hydrogens is 212 g/mol. The molecular formula is C13H18N4. The molecule has 0 aliphatic heterocycles. The van der Waals surface area contributed by atoms with Crippen LogP contribution in [0.2, 0.25) is 0 Å². The van der Waals surface area contributed by atoms with Crippen molar-refractivity contribution < 1.29 is 0 Å². The zero-order valence-corrected chi connectivity index (χ0v) is 10.7. The van der Waals surface area contributed by atoms with Gasteiger partial charge in [0.05, 0.1) is 17.6 Å². The van der Waals surface area contributed by atoms with E-state index in [2.05, 4.69) is 46.8 Å². The van der Waals surface area contributed by atoms with Gasteiger partial charge in [0.1, 0.15) is 0 Å². The first-order valence-electron chi connectivity index (χ1n) is 5.81. The van der Waals surface area contributed by atoms with Crippen molar-refractivity contribution in [3.05, 3.63) is 35.9 Å². The van der Waals surface area contributed by atoms with Crippen LogP contribution in [0.4, 0.5) is 11.6 Å². The first-order valence-corrected chi connectivity index (χ1v) is 5.81. The summed E-state index contributed by atoms with van der Waals surface area (Å²) < 4.78 is 2.13. The molecule has 0 saturated heterocycles. The summed E-state index contributed by atoms with van der Waals surface area (Å²) in [4.78, 5) is 8.62. The van der Waals surface area contributed by atoms with Gasteiger partial charge >= 0.3 is 0 Å². The molecule has 2 aromatic heterocycles. The highest BCUT2D eigenvalue weighted by Gasteiger charge is 2.09. The largest absolute Gasteiger partial charge is 0.324 e. The number of nitrogens with zero attached hydrogens (tertiary/aromatic N) is 3. The van der Waals surface area contributed by atoms with Crippen molar-refractivity contribution in [2.24, 2.45) is 0 Å². The summed E-state index contributed by atoms with van der Waals surface area (Å²) in [5.41, 5.74) is 3.18. The Morgan fingerprint density at radius 2 is 2.06 bits per heavy atom. The van der Waals surface area contributed by atoms with E-state index in [1.165, 1.54) is 0 Å². The molecule has 1 N–H and O–H groups in total. The maximum Gasteiger partial charge on any atom is 0.207 e. The van der Waals surface area contributed by atoms with Crippen LogP contribution in [-0.4, -0.2) is 14.5 Å². The maximum absolute atomic E-state index is 4.49. The fourth-order valence-corrected chi connectivity index (χ4v) is 1.72. The van der Waals surface area contributed by atoms with Crippen molar-refractivity contribution in [3.8, 4) is 0 Å². The highest BCUT2D eigenvalue weighted by molar-refractivity contribution is 5.57. The molecule has 0 aromatic carbocycles. The van der Waals surface area contributed by atoms with Gasteiger partial charge in [-0.25, -0.2) is 4.98 Å². The highest BCUT2D eigenvalue weighted by Crippen LogP contribution is 2.21. The molecule has 2 heterocycles. The van der Waals surface area contributed by atoms with Crippen molar-refractivity contribution in [2.75, 3.05) is 5.32 Å². The number of aromatic nitrogens is 3. The standard InChI is InChI=1S/C13H18N4/c1-9(2)17-8-11(4)15-13(17)16-12-7-14-6-5-10(12)3/h5-9H,1-4H3,(H,15,16). The minimum atomic E-state index is 0.385. The van der Waals surface area contributed by atoms with Gasteiger partial charge in [0.2, 0.25) is 5.95 Å². The summed E-state index contributed by atoms with van der Waals surface area (Å²) in [5, 5.41) is 3.33. The lowest BCUT2D eigenvalue weighted by molar-refractivity contribution is 0.607. The third-order valence-electron chi connectivity index (χ3n) is 2.69. The highest BCUT2D eigenvalue weighted by atomic mass is 15.2. The maximum atomic E-state index is 4.49.